The van der Waals surface area contributed by atoms with Crippen LogP contribution in [0.3, 0.4) is 0 Å². The van der Waals surface area contributed by atoms with Crippen LogP contribution < -0.4 is 10.6 Å². The Balaban J connectivity index is 2.18. The maximum absolute atomic E-state index is 12.0. The number of carbonyl (C=O) groups excluding carboxylic acids is 1. The number of carbonyl (C=O) groups is 1. The van der Waals surface area contributed by atoms with Gasteiger partial charge in [-0.15, -0.1) is 0 Å². The van der Waals surface area contributed by atoms with Crippen LogP contribution in [-0.4, -0.2) is 27.9 Å². The second-order valence-electron chi connectivity index (χ2n) is 3.81. The van der Waals surface area contributed by atoms with E-state index < -0.39 is 0 Å². The summed E-state index contributed by atoms with van der Waals surface area (Å²) in [6.07, 6.45) is 4.58. The molecular formula is C12H12BrN5O. The van der Waals surface area contributed by atoms with E-state index in [2.05, 4.69) is 41.5 Å². The number of nitrogens with zero attached hydrogens (tertiary/aromatic N) is 3. The molecule has 0 saturated heterocycles. The summed E-state index contributed by atoms with van der Waals surface area (Å²) in [6.45, 7) is 1.92. The first-order valence-electron chi connectivity index (χ1n) is 5.53. The van der Waals surface area contributed by atoms with Crippen molar-refractivity contribution in [1.29, 1.82) is 0 Å². The third kappa shape index (κ3) is 3.25. The molecule has 7 heteroatoms. The van der Waals surface area contributed by atoms with Gasteiger partial charge >= 0.3 is 0 Å². The zero-order valence-corrected chi connectivity index (χ0v) is 12.0. The standard InChI is InChI=1S/C12H12BrN5O/c1-7-3-10(16-4-8(7)13)18-12(19)9-5-15-6-11(14-2)17-9/h3-6H,1-2H3,(H,14,17)(H,16,18,19). The highest BCUT2D eigenvalue weighted by Crippen LogP contribution is 2.17. The molecule has 2 aromatic heterocycles. The third-order valence-electron chi connectivity index (χ3n) is 2.41. The number of nitrogens with one attached hydrogen (secondary N) is 2. The van der Waals surface area contributed by atoms with Crippen molar-refractivity contribution in [2.45, 2.75) is 6.92 Å². The van der Waals surface area contributed by atoms with E-state index in [9.17, 15) is 4.79 Å². The van der Waals surface area contributed by atoms with E-state index in [4.69, 9.17) is 0 Å². The number of halogens is 1. The normalized spacial score (nSPS) is 10.1. The van der Waals surface area contributed by atoms with E-state index in [0.717, 1.165) is 10.0 Å². The molecule has 0 aromatic carbocycles. The lowest BCUT2D eigenvalue weighted by Crippen LogP contribution is -2.15. The minimum absolute atomic E-state index is 0.231. The number of amides is 1. The molecule has 0 bridgehead atoms. The van der Waals surface area contributed by atoms with Crippen LogP contribution in [0.25, 0.3) is 0 Å². The number of rotatable bonds is 3. The quantitative estimate of drug-likeness (QED) is 0.906. The van der Waals surface area contributed by atoms with Crippen molar-refractivity contribution in [3.8, 4) is 0 Å². The van der Waals surface area contributed by atoms with Crippen molar-refractivity contribution < 1.29 is 4.79 Å². The van der Waals surface area contributed by atoms with Gasteiger partial charge in [0.25, 0.3) is 5.91 Å². The third-order valence-corrected chi connectivity index (χ3v) is 3.24. The molecule has 0 aliphatic carbocycles. The Morgan fingerprint density at radius 1 is 1.26 bits per heavy atom. The monoisotopic (exact) mass is 321 g/mol. The predicted molar refractivity (Wildman–Crippen MR) is 76.2 cm³/mol. The number of pyridine rings is 1. The number of anilines is 2. The Morgan fingerprint density at radius 2 is 2.05 bits per heavy atom. The smallest absolute Gasteiger partial charge is 0.277 e. The molecule has 0 aliphatic heterocycles. The average Bonchev–Trinajstić information content (AvgIpc) is 2.43. The van der Waals surface area contributed by atoms with Crippen LogP contribution in [0.15, 0.2) is 29.1 Å². The highest BCUT2D eigenvalue weighted by molar-refractivity contribution is 9.10. The van der Waals surface area contributed by atoms with Gasteiger partial charge in [-0.3, -0.25) is 9.78 Å². The van der Waals surface area contributed by atoms with Gasteiger partial charge in [0.1, 0.15) is 17.3 Å². The molecule has 0 aliphatic rings. The molecular weight excluding hydrogens is 310 g/mol. The summed E-state index contributed by atoms with van der Waals surface area (Å²) in [7, 11) is 1.71. The van der Waals surface area contributed by atoms with Gasteiger partial charge in [0.05, 0.1) is 12.4 Å². The molecule has 0 spiro atoms. The van der Waals surface area contributed by atoms with E-state index in [1.807, 2.05) is 6.92 Å². The van der Waals surface area contributed by atoms with E-state index in [1.54, 1.807) is 25.5 Å². The Kier molecular flexibility index (Phi) is 4.06. The summed E-state index contributed by atoms with van der Waals surface area (Å²) < 4.78 is 0.891. The predicted octanol–water partition coefficient (Wildman–Crippen LogP) is 2.24. The van der Waals surface area contributed by atoms with Gasteiger partial charge in [0, 0.05) is 17.7 Å². The first-order valence-corrected chi connectivity index (χ1v) is 6.32. The van der Waals surface area contributed by atoms with Crippen molar-refractivity contribution >= 4 is 33.5 Å². The van der Waals surface area contributed by atoms with Crippen molar-refractivity contribution in [2.24, 2.45) is 0 Å². The summed E-state index contributed by atoms with van der Waals surface area (Å²) >= 11 is 3.35. The van der Waals surface area contributed by atoms with Gasteiger partial charge in [-0.25, -0.2) is 9.97 Å². The zero-order valence-electron chi connectivity index (χ0n) is 10.4. The van der Waals surface area contributed by atoms with Crippen molar-refractivity contribution in [1.82, 2.24) is 15.0 Å². The van der Waals surface area contributed by atoms with Crippen LogP contribution in [0, 0.1) is 6.92 Å². The molecule has 0 atom stereocenters. The molecule has 0 fully saturated rings. The SMILES string of the molecule is CNc1cncc(C(=O)Nc2cc(C)c(Br)cn2)n1. The average molecular weight is 322 g/mol. The lowest BCUT2D eigenvalue weighted by atomic mass is 10.3. The Morgan fingerprint density at radius 3 is 2.74 bits per heavy atom. The van der Waals surface area contributed by atoms with Crippen LogP contribution >= 0.6 is 15.9 Å². The second kappa shape index (κ2) is 5.75. The lowest BCUT2D eigenvalue weighted by molar-refractivity contribution is 0.102. The first kappa shape index (κ1) is 13.4. The summed E-state index contributed by atoms with van der Waals surface area (Å²) in [5.74, 6) is 0.661. The minimum Gasteiger partial charge on any atom is -0.372 e. The van der Waals surface area contributed by atoms with Crippen molar-refractivity contribution in [3.63, 3.8) is 0 Å². The second-order valence-corrected chi connectivity index (χ2v) is 4.67. The zero-order chi connectivity index (χ0) is 13.8. The minimum atomic E-state index is -0.348. The van der Waals surface area contributed by atoms with Gasteiger partial charge in [-0.05, 0) is 34.5 Å². The van der Waals surface area contributed by atoms with Crippen LogP contribution in [0.5, 0.6) is 0 Å². The Labute approximate surface area is 118 Å². The lowest BCUT2D eigenvalue weighted by Gasteiger charge is -2.06. The molecule has 0 radical (unpaired) electrons. The molecule has 1 amide bonds. The summed E-state index contributed by atoms with van der Waals surface area (Å²) in [6, 6.07) is 1.78. The highest BCUT2D eigenvalue weighted by Gasteiger charge is 2.10. The summed E-state index contributed by atoms with van der Waals surface area (Å²) in [4.78, 5) is 24.1. The van der Waals surface area contributed by atoms with Crippen molar-refractivity contribution in [3.05, 3.63) is 40.4 Å². The van der Waals surface area contributed by atoms with E-state index in [0.29, 0.717) is 11.6 Å². The van der Waals surface area contributed by atoms with Gasteiger partial charge in [-0.2, -0.15) is 0 Å². The molecule has 2 heterocycles. The van der Waals surface area contributed by atoms with Crippen molar-refractivity contribution in [2.75, 3.05) is 17.7 Å². The molecule has 0 unspecified atom stereocenters. The molecule has 2 aromatic rings. The van der Waals surface area contributed by atoms with E-state index >= 15 is 0 Å². The number of hydrogen-bond donors (Lipinski definition) is 2. The van der Waals surface area contributed by atoms with Crippen LogP contribution in [0.2, 0.25) is 0 Å². The Hall–Kier alpha value is -2.02. The van der Waals surface area contributed by atoms with Gasteiger partial charge < -0.3 is 10.6 Å². The largest absolute Gasteiger partial charge is 0.372 e. The summed E-state index contributed by atoms with van der Waals surface area (Å²) in [5.41, 5.74) is 1.22. The molecule has 6 nitrogen and oxygen atoms in total. The molecule has 2 N–H and O–H groups in total. The van der Waals surface area contributed by atoms with Gasteiger partial charge in [-0.1, -0.05) is 0 Å². The van der Waals surface area contributed by atoms with E-state index in [-0.39, 0.29) is 11.6 Å². The number of aryl methyl sites for hydroxylation is 1. The fourth-order valence-electron chi connectivity index (χ4n) is 1.38. The Bertz CT molecular complexity index is 617. The fraction of sp³-hybridized carbons (Fsp3) is 0.167. The van der Waals surface area contributed by atoms with Crippen LogP contribution in [-0.2, 0) is 0 Å². The first-order chi connectivity index (χ1) is 9.10. The fourth-order valence-corrected chi connectivity index (χ4v) is 1.60. The molecule has 2 rings (SSSR count). The number of hydrogen-bond acceptors (Lipinski definition) is 5. The summed E-state index contributed by atoms with van der Waals surface area (Å²) in [5, 5.41) is 5.50. The van der Waals surface area contributed by atoms with Crippen LogP contribution in [0.4, 0.5) is 11.6 Å². The van der Waals surface area contributed by atoms with Gasteiger partial charge in [0.15, 0.2) is 0 Å². The van der Waals surface area contributed by atoms with Gasteiger partial charge in [0.2, 0.25) is 0 Å². The topological polar surface area (TPSA) is 79.8 Å². The van der Waals surface area contributed by atoms with E-state index in [1.165, 1.54) is 6.20 Å². The molecule has 98 valence electrons. The maximum Gasteiger partial charge on any atom is 0.277 e. The maximum atomic E-state index is 12.0. The van der Waals surface area contributed by atoms with Crippen LogP contribution in [0.1, 0.15) is 16.1 Å². The molecule has 0 saturated carbocycles. The number of aromatic nitrogens is 3. The highest BCUT2D eigenvalue weighted by atomic mass is 79.9. The molecule has 19 heavy (non-hydrogen) atoms.